The molecule has 0 saturated carbocycles. The summed E-state index contributed by atoms with van der Waals surface area (Å²) in [6.45, 7) is 0.718. The molecular weight excluding hydrogens is 430 g/mol. The maximum Gasteiger partial charge on any atom is 0.293 e. The Morgan fingerprint density at radius 3 is 2.45 bits per heavy atom. The molecular formula is C28H21NO3S. The Morgan fingerprint density at radius 2 is 1.58 bits per heavy atom. The van der Waals surface area contributed by atoms with Gasteiger partial charge in [-0.2, -0.15) is 0 Å². The number of thioether (sulfide) groups is 1. The molecule has 1 aliphatic rings. The fourth-order valence-corrected chi connectivity index (χ4v) is 4.66. The van der Waals surface area contributed by atoms with Crippen LogP contribution in [0.15, 0.2) is 102 Å². The molecule has 162 valence electrons. The molecule has 33 heavy (non-hydrogen) atoms. The zero-order valence-corrected chi connectivity index (χ0v) is 18.6. The minimum atomic E-state index is -0.270. The average molecular weight is 452 g/mol. The maximum absolute atomic E-state index is 13.0. The van der Waals surface area contributed by atoms with Gasteiger partial charge in [0.2, 0.25) is 0 Å². The molecule has 4 aromatic carbocycles. The molecule has 2 amide bonds. The van der Waals surface area contributed by atoms with E-state index >= 15 is 0 Å². The van der Waals surface area contributed by atoms with Crippen molar-refractivity contribution in [2.75, 3.05) is 0 Å². The van der Waals surface area contributed by atoms with Gasteiger partial charge >= 0.3 is 0 Å². The Hall–Kier alpha value is -3.83. The normalized spacial score (nSPS) is 14.9. The van der Waals surface area contributed by atoms with Crippen molar-refractivity contribution in [3.8, 4) is 5.75 Å². The van der Waals surface area contributed by atoms with Gasteiger partial charge < -0.3 is 4.74 Å². The third-order valence-corrected chi connectivity index (χ3v) is 6.39. The van der Waals surface area contributed by atoms with Crippen LogP contribution in [-0.4, -0.2) is 16.0 Å². The van der Waals surface area contributed by atoms with E-state index in [1.165, 1.54) is 4.90 Å². The molecule has 1 saturated heterocycles. The van der Waals surface area contributed by atoms with Gasteiger partial charge in [-0.15, -0.1) is 0 Å². The minimum absolute atomic E-state index is 0.254. The summed E-state index contributed by atoms with van der Waals surface area (Å²) >= 11 is 0.975. The molecule has 0 atom stereocenters. The maximum atomic E-state index is 13.0. The number of hydrogen-bond acceptors (Lipinski definition) is 4. The second kappa shape index (κ2) is 9.35. The molecule has 5 rings (SSSR count). The Bertz CT molecular complexity index is 1360. The van der Waals surface area contributed by atoms with Crippen LogP contribution in [0.25, 0.3) is 16.8 Å². The van der Waals surface area contributed by atoms with Crippen LogP contribution in [0.2, 0.25) is 0 Å². The van der Waals surface area contributed by atoms with Crippen LogP contribution in [0.3, 0.4) is 0 Å². The first-order chi connectivity index (χ1) is 16.2. The van der Waals surface area contributed by atoms with Crippen molar-refractivity contribution in [2.24, 2.45) is 0 Å². The van der Waals surface area contributed by atoms with Crippen molar-refractivity contribution in [3.05, 3.63) is 119 Å². The van der Waals surface area contributed by atoms with Gasteiger partial charge in [-0.1, -0.05) is 84.9 Å². The molecule has 4 aromatic rings. The topological polar surface area (TPSA) is 46.6 Å². The lowest BCUT2D eigenvalue weighted by Crippen LogP contribution is -2.27. The largest absolute Gasteiger partial charge is 0.489 e. The molecule has 0 aliphatic carbocycles. The number of carbonyl (C=O) groups is 2. The molecule has 0 aromatic heterocycles. The monoisotopic (exact) mass is 451 g/mol. The predicted molar refractivity (Wildman–Crippen MR) is 133 cm³/mol. The van der Waals surface area contributed by atoms with Gasteiger partial charge in [0.15, 0.2) is 0 Å². The quantitative estimate of drug-likeness (QED) is 0.308. The number of fused-ring (bicyclic) bond motifs is 1. The molecule has 1 fully saturated rings. The van der Waals surface area contributed by atoms with Gasteiger partial charge in [0.1, 0.15) is 12.4 Å². The van der Waals surface area contributed by atoms with E-state index in [0.717, 1.165) is 39.2 Å². The highest BCUT2D eigenvalue weighted by molar-refractivity contribution is 8.18. The van der Waals surface area contributed by atoms with E-state index in [-0.39, 0.29) is 17.7 Å². The highest BCUT2D eigenvalue weighted by atomic mass is 32.2. The molecule has 0 N–H and O–H groups in total. The van der Waals surface area contributed by atoms with Crippen LogP contribution in [0.4, 0.5) is 4.79 Å². The third-order valence-electron chi connectivity index (χ3n) is 5.49. The summed E-state index contributed by atoms with van der Waals surface area (Å²) in [5.41, 5.74) is 2.85. The van der Waals surface area contributed by atoms with E-state index < -0.39 is 0 Å². The first kappa shape index (κ1) is 21.0. The van der Waals surface area contributed by atoms with E-state index in [9.17, 15) is 9.59 Å². The van der Waals surface area contributed by atoms with Gasteiger partial charge in [0.25, 0.3) is 11.1 Å². The Kier molecular flexibility index (Phi) is 5.96. The fourth-order valence-electron chi connectivity index (χ4n) is 3.82. The van der Waals surface area contributed by atoms with Crippen LogP contribution in [0, 0.1) is 0 Å². The Labute approximate surface area is 196 Å². The molecule has 5 heteroatoms. The van der Waals surface area contributed by atoms with E-state index in [2.05, 4.69) is 0 Å². The summed E-state index contributed by atoms with van der Waals surface area (Å²) in [4.78, 5) is 27.4. The van der Waals surface area contributed by atoms with Gasteiger partial charge in [-0.25, -0.2) is 0 Å². The number of benzene rings is 4. The molecule has 4 nitrogen and oxygen atoms in total. The number of hydrogen-bond donors (Lipinski definition) is 0. The SMILES string of the molecule is O=C1S/C(=C\c2cccc(OCc3ccccc3)c2)C(=O)N1Cc1cccc2ccccc12. The van der Waals surface area contributed by atoms with Gasteiger partial charge in [0, 0.05) is 0 Å². The van der Waals surface area contributed by atoms with Crippen molar-refractivity contribution >= 4 is 39.8 Å². The van der Waals surface area contributed by atoms with Crippen LogP contribution in [0.5, 0.6) is 5.75 Å². The molecule has 1 heterocycles. The van der Waals surface area contributed by atoms with Gasteiger partial charge in [-0.3, -0.25) is 14.5 Å². The number of amides is 2. The third kappa shape index (κ3) is 4.69. The van der Waals surface area contributed by atoms with Crippen LogP contribution < -0.4 is 4.74 Å². The van der Waals surface area contributed by atoms with E-state index in [4.69, 9.17) is 4.74 Å². The molecule has 1 aliphatic heterocycles. The predicted octanol–water partition coefficient (Wildman–Crippen LogP) is 6.66. The summed E-state index contributed by atoms with van der Waals surface area (Å²) in [5, 5.41) is 1.88. The Balaban J connectivity index is 1.33. The number of rotatable bonds is 6. The minimum Gasteiger partial charge on any atom is -0.489 e. The highest BCUT2D eigenvalue weighted by Crippen LogP contribution is 2.34. The lowest BCUT2D eigenvalue weighted by atomic mass is 10.0. The summed E-state index contributed by atoms with van der Waals surface area (Å²) in [6, 6.07) is 31.4. The zero-order chi connectivity index (χ0) is 22.6. The fraction of sp³-hybridized carbons (Fsp3) is 0.0714. The molecule has 0 unspecified atom stereocenters. The molecule has 0 bridgehead atoms. The van der Waals surface area contributed by atoms with Crippen molar-refractivity contribution in [1.29, 1.82) is 0 Å². The second-order valence-electron chi connectivity index (χ2n) is 7.75. The van der Waals surface area contributed by atoms with Crippen molar-refractivity contribution in [3.63, 3.8) is 0 Å². The van der Waals surface area contributed by atoms with Gasteiger partial charge in [-0.05, 0) is 57.4 Å². The second-order valence-corrected chi connectivity index (χ2v) is 8.75. The molecule has 0 radical (unpaired) electrons. The first-order valence-corrected chi connectivity index (χ1v) is 11.5. The van der Waals surface area contributed by atoms with Gasteiger partial charge in [0.05, 0.1) is 11.4 Å². The number of nitrogens with zero attached hydrogens (tertiary/aromatic N) is 1. The van der Waals surface area contributed by atoms with Crippen molar-refractivity contribution in [2.45, 2.75) is 13.2 Å². The summed E-state index contributed by atoms with van der Waals surface area (Å²) in [7, 11) is 0. The zero-order valence-electron chi connectivity index (χ0n) is 17.8. The first-order valence-electron chi connectivity index (χ1n) is 10.7. The van der Waals surface area contributed by atoms with E-state index in [1.54, 1.807) is 6.08 Å². The summed E-state index contributed by atoms with van der Waals surface area (Å²) in [6.07, 6.45) is 1.75. The van der Waals surface area contributed by atoms with Crippen molar-refractivity contribution < 1.29 is 14.3 Å². The van der Waals surface area contributed by atoms with E-state index in [0.29, 0.717) is 17.3 Å². The number of imide groups is 1. The lowest BCUT2D eigenvalue weighted by molar-refractivity contribution is -0.123. The lowest BCUT2D eigenvalue weighted by Gasteiger charge is -2.14. The number of carbonyl (C=O) groups excluding carboxylic acids is 2. The van der Waals surface area contributed by atoms with Crippen LogP contribution >= 0.6 is 11.8 Å². The summed E-state index contributed by atoms with van der Waals surface area (Å²) < 4.78 is 5.89. The standard InChI is InChI=1S/C28H21NO3S/c30-27-26(17-21-10-6-14-24(16-21)32-19-20-8-2-1-3-9-20)33-28(31)29(27)18-23-13-7-12-22-11-4-5-15-25(22)23/h1-17H,18-19H2/b26-17-. The van der Waals surface area contributed by atoms with E-state index in [1.807, 2.05) is 97.1 Å². The Morgan fingerprint density at radius 1 is 0.818 bits per heavy atom. The molecule has 0 spiro atoms. The average Bonchev–Trinajstić information content (AvgIpc) is 3.11. The van der Waals surface area contributed by atoms with Crippen LogP contribution in [-0.2, 0) is 17.9 Å². The highest BCUT2D eigenvalue weighted by Gasteiger charge is 2.35. The smallest absolute Gasteiger partial charge is 0.293 e. The summed E-state index contributed by atoms with van der Waals surface area (Å²) in [5.74, 6) is 0.441. The van der Waals surface area contributed by atoms with Crippen molar-refractivity contribution in [1.82, 2.24) is 4.90 Å². The number of ether oxygens (including phenoxy) is 1. The van der Waals surface area contributed by atoms with Crippen LogP contribution in [0.1, 0.15) is 16.7 Å².